The molecule has 1 aliphatic rings. The zero-order valence-electron chi connectivity index (χ0n) is 15.0. The van der Waals surface area contributed by atoms with Gasteiger partial charge in [-0.25, -0.2) is 0 Å². The van der Waals surface area contributed by atoms with Gasteiger partial charge in [0.25, 0.3) is 5.91 Å². The van der Waals surface area contributed by atoms with Crippen molar-refractivity contribution >= 4 is 5.91 Å². The summed E-state index contributed by atoms with van der Waals surface area (Å²) >= 11 is 0. The quantitative estimate of drug-likeness (QED) is 0.874. The highest BCUT2D eigenvalue weighted by Gasteiger charge is 2.22. The summed E-state index contributed by atoms with van der Waals surface area (Å²) in [6.45, 7) is 3.23. The zero-order valence-corrected chi connectivity index (χ0v) is 15.0. The van der Waals surface area contributed by atoms with Gasteiger partial charge in [-0.15, -0.1) is 0 Å². The third kappa shape index (κ3) is 4.25. The monoisotopic (exact) mass is 342 g/mol. The number of amides is 1. The molecule has 2 aromatic heterocycles. The van der Waals surface area contributed by atoms with E-state index in [0.717, 1.165) is 12.1 Å². The number of hydrogen-bond acceptors (Lipinski definition) is 5. The van der Waals surface area contributed by atoms with E-state index in [1.807, 2.05) is 12.1 Å². The van der Waals surface area contributed by atoms with Crippen molar-refractivity contribution in [3.8, 4) is 11.3 Å². The minimum absolute atomic E-state index is 0.136. The lowest BCUT2D eigenvalue weighted by molar-refractivity contribution is 0.0943. The van der Waals surface area contributed by atoms with Crippen LogP contribution in [0.25, 0.3) is 11.3 Å². The van der Waals surface area contributed by atoms with E-state index in [2.05, 4.69) is 27.4 Å². The predicted molar refractivity (Wildman–Crippen MR) is 96.3 cm³/mol. The second-order valence-electron chi connectivity index (χ2n) is 6.73. The summed E-state index contributed by atoms with van der Waals surface area (Å²) in [6.07, 6.45) is 9.88. The van der Waals surface area contributed by atoms with Crippen LogP contribution >= 0.6 is 0 Å². The number of aryl methyl sites for hydroxylation is 1. The molecule has 6 nitrogen and oxygen atoms in total. The van der Waals surface area contributed by atoms with E-state index in [4.69, 9.17) is 4.52 Å². The molecule has 0 saturated heterocycles. The molecule has 1 N–H and O–H groups in total. The maximum atomic E-state index is 12.6. The van der Waals surface area contributed by atoms with Crippen LogP contribution in [0.5, 0.6) is 0 Å². The van der Waals surface area contributed by atoms with Crippen LogP contribution in [0.2, 0.25) is 0 Å². The molecular weight excluding hydrogens is 316 g/mol. The van der Waals surface area contributed by atoms with Gasteiger partial charge in [0.1, 0.15) is 17.0 Å². The zero-order chi connectivity index (χ0) is 17.6. The van der Waals surface area contributed by atoms with Crippen LogP contribution in [0, 0.1) is 6.92 Å². The molecule has 0 aliphatic heterocycles. The topological polar surface area (TPSA) is 71.3 Å². The molecule has 0 unspecified atom stereocenters. The van der Waals surface area contributed by atoms with Gasteiger partial charge in [-0.05, 0) is 38.9 Å². The second-order valence-corrected chi connectivity index (χ2v) is 6.73. The molecule has 1 fully saturated rings. The highest BCUT2D eigenvalue weighted by molar-refractivity contribution is 6.00. The molecule has 0 bridgehead atoms. The Balaban J connectivity index is 1.59. The van der Waals surface area contributed by atoms with E-state index in [-0.39, 0.29) is 5.91 Å². The maximum Gasteiger partial charge on any atom is 0.257 e. The maximum absolute atomic E-state index is 12.6. The highest BCUT2D eigenvalue weighted by atomic mass is 16.5. The Hall–Kier alpha value is -2.21. The molecule has 2 heterocycles. The number of aromatic nitrogens is 2. The van der Waals surface area contributed by atoms with Crippen molar-refractivity contribution in [2.45, 2.75) is 45.1 Å². The van der Waals surface area contributed by atoms with Gasteiger partial charge in [0.2, 0.25) is 0 Å². The van der Waals surface area contributed by atoms with Crippen LogP contribution in [-0.4, -0.2) is 47.1 Å². The summed E-state index contributed by atoms with van der Waals surface area (Å²) in [5.41, 5.74) is 1.90. The predicted octanol–water partition coefficient (Wildman–Crippen LogP) is 3.04. The van der Waals surface area contributed by atoms with Gasteiger partial charge in [-0.3, -0.25) is 9.78 Å². The number of rotatable bonds is 6. The lowest BCUT2D eigenvalue weighted by Crippen LogP contribution is -2.39. The van der Waals surface area contributed by atoms with Gasteiger partial charge in [-0.2, -0.15) is 0 Å². The summed E-state index contributed by atoms with van der Waals surface area (Å²) in [6, 6.07) is 4.30. The number of hydrogen-bond donors (Lipinski definition) is 1. The Morgan fingerprint density at radius 2 is 2.00 bits per heavy atom. The van der Waals surface area contributed by atoms with Crippen molar-refractivity contribution in [3.05, 3.63) is 35.9 Å². The van der Waals surface area contributed by atoms with Crippen LogP contribution in [0.1, 0.15) is 48.2 Å². The molecule has 3 rings (SSSR count). The molecular formula is C19H26N4O2. The average molecular weight is 342 g/mol. The summed E-state index contributed by atoms with van der Waals surface area (Å²) in [7, 11) is 2.15. The molecule has 1 saturated carbocycles. The van der Waals surface area contributed by atoms with Gasteiger partial charge in [0.15, 0.2) is 0 Å². The van der Waals surface area contributed by atoms with E-state index in [9.17, 15) is 4.79 Å². The van der Waals surface area contributed by atoms with Crippen molar-refractivity contribution < 1.29 is 9.32 Å². The third-order valence-electron chi connectivity index (χ3n) is 4.99. The minimum Gasteiger partial charge on any atom is -0.360 e. The molecule has 2 aromatic rings. The van der Waals surface area contributed by atoms with Gasteiger partial charge >= 0.3 is 0 Å². The standard InChI is InChI=1S/C19H26N4O2/c1-14-17(18(22-25-14)15-8-10-20-11-9-15)19(24)21-12-13-23(2)16-6-4-3-5-7-16/h8-11,16H,3-7,12-13H2,1-2H3,(H,21,24). The largest absolute Gasteiger partial charge is 0.360 e. The molecule has 6 heteroatoms. The van der Waals surface area contributed by atoms with Crippen LogP contribution in [0.4, 0.5) is 0 Å². The third-order valence-corrected chi connectivity index (χ3v) is 4.99. The molecule has 134 valence electrons. The van der Waals surface area contributed by atoms with Crippen molar-refractivity contribution in [2.75, 3.05) is 20.1 Å². The summed E-state index contributed by atoms with van der Waals surface area (Å²) in [4.78, 5) is 19.0. The molecule has 0 radical (unpaired) electrons. The molecule has 0 aromatic carbocycles. The van der Waals surface area contributed by atoms with Crippen molar-refractivity contribution in [1.82, 2.24) is 20.4 Å². The number of nitrogens with one attached hydrogen (secondary N) is 1. The summed E-state index contributed by atoms with van der Waals surface area (Å²) < 4.78 is 5.25. The van der Waals surface area contributed by atoms with Crippen molar-refractivity contribution in [3.63, 3.8) is 0 Å². The lowest BCUT2D eigenvalue weighted by atomic mass is 9.94. The van der Waals surface area contributed by atoms with Gasteiger partial charge in [0, 0.05) is 37.1 Å². The van der Waals surface area contributed by atoms with Crippen LogP contribution in [-0.2, 0) is 0 Å². The number of nitrogens with zero attached hydrogens (tertiary/aromatic N) is 3. The van der Waals surface area contributed by atoms with E-state index in [1.165, 1.54) is 32.1 Å². The number of carbonyl (C=O) groups is 1. The summed E-state index contributed by atoms with van der Waals surface area (Å²) in [5, 5.41) is 7.06. The first-order valence-electron chi connectivity index (χ1n) is 9.02. The molecule has 1 aliphatic carbocycles. The Kier molecular flexibility index (Phi) is 5.81. The number of carbonyl (C=O) groups excluding carboxylic acids is 1. The fourth-order valence-electron chi connectivity index (χ4n) is 3.48. The fourth-order valence-corrected chi connectivity index (χ4v) is 3.48. The second kappa shape index (κ2) is 8.25. The molecule has 0 spiro atoms. The number of pyridine rings is 1. The average Bonchev–Trinajstić information content (AvgIpc) is 3.04. The molecule has 25 heavy (non-hydrogen) atoms. The van der Waals surface area contributed by atoms with Crippen LogP contribution in [0.3, 0.4) is 0 Å². The summed E-state index contributed by atoms with van der Waals surface area (Å²) in [5.74, 6) is 0.396. The lowest BCUT2D eigenvalue weighted by Gasteiger charge is -2.31. The van der Waals surface area contributed by atoms with E-state index >= 15 is 0 Å². The molecule has 0 atom stereocenters. The smallest absolute Gasteiger partial charge is 0.257 e. The Morgan fingerprint density at radius 3 is 2.72 bits per heavy atom. The molecule has 1 amide bonds. The first-order valence-corrected chi connectivity index (χ1v) is 9.02. The first kappa shape index (κ1) is 17.6. The van der Waals surface area contributed by atoms with Crippen molar-refractivity contribution in [2.24, 2.45) is 0 Å². The number of likely N-dealkylation sites (N-methyl/N-ethyl adjacent to an activating group) is 1. The van der Waals surface area contributed by atoms with Crippen LogP contribution in [0.15, 0.2) is 29.0 Å². The van der Waals surface area contributed by atoms with E-state index in [0.29, 0.717) is 29.6 Å². The van der Waals surface area contributed by atoms with Gasteiger partial charge < -0.3 is 14.7 Å². The van der Waals surface area contributed by atoms with E-state index < -0.39 is 0 Å². The van der Waals surface area contributed by atoms with Gasteiger partial charge in [0.05, 0.1) is 0 Å². The minimum atomic E-state index is -0.136. The SMILES string of the molecule is Cc1onc(-c2ccncc2)c1C(=O)NCCN(C)C1CCCCC1. The van der Waals surface area contributed by atoms with Gasteiger partial charge in [-0.1, -0.05) is 24.4 Å². The Bertz CT molecular complexity index is 693. The normalized spacial score (nSPS) is 15.5. The fraction of sp³-hybridized carbons (Fsp3) is 0.526. The van der Waals surface area contributed by atoms with Crippen LogP contribution < -0.4 is 5.32 Å². The van der Waals surface area contributed by atoms with E-state index in [1.54, 1.807) is 19.3 Å². The Labute approximate surface area is 148 Å². The highest BCUT2D eigenvalue weighted by Crippen LogP contribution is 2.24. The first-order chi connectivity index (χ1) is 12.2. The Morgan fingerprint density at radius 1 is 1.28 bits per heavy atom. The van der Waals surface area contributed by atoms with Crippen molar-refractivity contribution in [1.29, 1.82) is 0 Å².